The molecular formula is C12H23NO. The predicted molar refractivity (Wildman–Crippen MR) is 58.3 cm³/mol. The van der Waals surface area contributed by atoms with Crippen molar-refractivity contribution in [1.29, 1.82) is 0 Å². The van der Waals surface area contributed by atoms with Crippen molar-refractivity contribution in [2.45, 2.75) is 45.1 Å². The van der Waals surface area contributed by atoms with Crippen LogP contribution < -0.4 is 5.32 Å². The van der Waals surface area contributed by atoms with Crippen molar-refractivity contribution >= 4 is 0 Å². The van der Waals surface area contributed by atoms with Gasteiger partial charge in [-0.2, -0.15) is 0 Å². The molecule has 3 atom stereocenters. The Bertz CT molecular complexity index is 166. The van der Waals surface area contributed by atoms with Crippen molar-refractivity contribution < 1.29 is 4.74 Å². The molecule has 1 saturated heterocycles. The monoisotopic (exact) mass is 197 g/mol. The molecule has 0 radical (unpaired) electrons. The first kappa shape index (κ1) is 10.4. The number of hydrogen-bond donors (Lipinski definition) is 1. The van der Waals surface area contributed by atoms with Crippen molar-refractivity contribution in [3.8, 4) is 0 Å². The minimum absolute atomic E-state index is 0.775. The van der Waals surface area contributed by atoms with Gasteiger partial charge in [-0.25, -0.2) is 0 Å². The fourth-order valence-electron chi connectivity index (χ4n) is 2.74. The minimum atomic E-state index is 0.775. The fraction of sp³-hybridized carbons (Fsp3) is 1.00. The van der Waals surface area contributed by atoms with E-state index < -0.39 is 0 Å². The Kier molecular flexibility index (Phi) is 3.82. The van der Waals surface area contributed by atoms with Crippen LogP contribution in [0.15, 0.2) is 0 Å². The molecule has 1 N–H and O–H groups in total. The lowest BCUT2D eigenvalue weighted by atomic mass is 10.0. The zero-order valence-electron chi connectivity index (χ0n) is 9.30. The van der Waals surface area contributed by atoms with Crippen LogP contribution in [-0.4, -0.2) is 25.8 Å². The summed E-state index contributed by atoms with van der Waals surface area (Å²) in [6, 6.07) is 0.789. The summed E-state index contributed by atoms with van der Waals surface area (Å²) in [7, 11) is 0. The molecule has 0 amide bonds. The Hall–Kier alpha value is -0.0800. The second-order valence-corrected chi connectivity index (χ2v) is 5.01. The fourth-order valence-corrected chi connectivity index (χ4v) is 2.74. The van der Waals surface area contributed by atoms with Crippen LogP contribution >= 0.6 is 0 Å². The largest absolute Gasteiger partial charge is 0.381 e. The van der Waals surface area contributed by atoms with Crippen molar-refractivity contribution in [3.05, 3.63) is 0 Å². The van der Waals surface area contributed by atoms with Gasteiger partial charge < -0.3 is 10.1 Å². The lowest BCUT2D eigenvalue weighted by molar-refractivity contribution is 0.0534. The molecule has 0 bridgehead atoms. The highest BCUT2D eigenvalue weighted by Gasteiger charge is 2.24. The van der Waals surface area contributed by atoms with Gasteiger partial charge in [0.2, 0.25) is 0 Å². The van der Waals surface area contributed by atoms with E-state index >= 15 is 0 Å². The van der Waals surface area contributed by atoms with Gasteiger partial charge in [-0.15, -0.1) is 0 Å². The van der Waals surface area contributed by atoms with Crippen LogP contribution in [0.4, 0.5) is 0 Å². The zero-order chi connectivity index (χ0) is 9.80. The Labute approximate surface area is 87.4 Å². The number of hydrogen-bond acceptors (Lipinski definition) is 2. The van der Waals surface area contributed by atoms with Crippen LogP contribution in [0, 0.1) is 11.8 Å². The van der Waals surface area contributed by atoms with Crippen molar-refractivity contribution in [3.63, 3.8) is 0 Å². The first-order valence-corrected chi connectivity index (χ1v) is 6.17. The van der Waals surface area contributed by atoms with Crippen LogP contribution in [0.2, 0.25) is 0 Å². The molecule has 82 valence electrons. The van der Waals surface area contributed by atoms with Gasteiger partial charge >= 0.3 is 0 Å². The van der Waals surface area contributed by atoms with Gasteiger partial charge in [0.25, 0.3) is 0 Å². The minimum Gasteiger partial charge on any atom is -0.381 e. The summed E-state index contributed by atoms with van der Waals surface area (Å²) < 4.78 is 5.48. The quantitative estimate of drug-likeness (QED) is 0.749. The van der Waals surface area contributed by atoms with Crippen molar-refractivity contribution in [2.24, 2.45) is 11.8 Å². The summed E-state index contributed by atoms with van der Waals surface area (Å²) in [5, 5.41) is 3.72. The molecule has 2 heteroatoms. The molecule has 1 aliphatic carbocycles. The van der Waals surface area contributed by atoms with Crippen molar-refractivity contribution in [1.82, 2.24) is 5.32 Å². The molecule has 1 saturated carbocycles. The van der Waals surface area contributed by atoms with Gasteiger partial charge in [0, 0.05) is 19.2 Å². The molecule has 2 rings (SSSR count). The topological polar surface area (TPSA) is 21.3 Å². The first-order valence-electron chi connectivity index (χ1n) is 6.17. The van der Waals surface area contributed by atoms with Crippen LogP contribution in [0.3, 0.4) is 0 Å². The first-order chi connectivity index (χ1) is 6.86. The van der Waals surface area contributed by atoms with Gasteiger partial charge in [0.05, 0.1) is 6.61 Å². The molecule has 0 aromatic heterocycles. The van der Waals surface area contributed by atoms with Crippen LogP contribution in [-0.2, 0) is 4.74 Å². The highest BCUT2D eigenvalue weighted by Crippen LogP contribution is 2.25. The Morgan fingerprint density at radius 2 is 2.14 bits per heavy atom. The smallest absolute Gasteiger partial charge is 0.0506 e. The highest BCUT2D eigenvalue weighted by atomic mass is 16.5. The molecule has 2 fully saturated rings. The molecule has 0 spiro atoms. The number of nitrogens with one attached hydrogen (secondary N) is 1. The summed E-state index contributed by atoms with van der Waals surface area (Å²) in [6.07, 6.45) is 6.83. The van der Waals surface area contributed by atoms with Crippen LogP contribution in [0.5, 0.6) is 0 Å². The van der Waals surface area contributed by atoms with E-state index in [1.807, 2.05) is 0 Å². The van der Waals surface area contributed by atoms with E-state index in [1.165, 1.54) is 38.6 Å². The second kappa shape index (κ2) is 5.13. The molecule has 1 aliphatic heterocycles. The van der Waals surface area contributed by atoms with Crippen LogP contribution in [0.1, 0.15) is 39.0 Å². The van der Waals surface area contributed by atoms with E-state index in [1.54, 1.807) is 0 Å². The molecule has 3 unspecified atom stereocenters. The molecule has 2 aliphatic rings. The average molecular weight is 197 g/mol. The lowest BCUT2D eigenvalue weighted by Gasteiger charge is -2.25. The summed E-state index contributed by atoms with van der Waals surface area (Å²) in [5.41, 5.74) is 0. The third-order valence-corrected chi connectivity index (χ3v) is 3.78. The van der Waals surface area contributed by atoms with E-state index in [0.29, 0.717) is 0 Å². The maximum atomic E-state index is 5.48. The van der Waals surface area contributed by atoms with Crippen LogP contribution in [0.25, 0.3) is 0 Å². The molecular weight excluding hydrogens is 174 g/mol. The Balaban J connectivity index is 1.65. The maximum absolute atomic E-state index is 5.48. The molecule has 0 aromatic rings. The average Bonchev–Trinajstić information content (AvgIpc) is 2.63. The van der Waals surface area contributed by atoms with E-state index in [9.17, 15) is 0 Å². The summed E-state index contributed by atoms with van der Waals surface area (Å²) in [5.74, 6) is 1.66. The molecule has 1 heterocycles. The maximum Gasteiger partial charge on any atom is 0.0506 e. The highest BCUT2D eigenvalue weighted by molar-refractivity contribution is 4.81. The normalized spacial score (nSPS) is 38.8. The second-order valence-electron chi connectivity index (χ2n) is 5.01. The van der Waals surface area contributed by atoms with Gasteiger partial charge in [0.1, 0.15) is 0 Å². The Morgan fingerprint density at radius 1 is 1.21 bits per heavy atom. The van der Waals surface area contributed by atoms with Crippen molar-refractivity contribution in [2.75, 3.05) is 19.8 Å². The predicted octanol–water partition coefficient (Wildman–Crippen LogP) is 2.19. The van der Waals surface area contributed by atoms with E-state index in [-0.39, 0.29) is 0 Å². The van der Waals surface area contributed by atoms with E-state index in [2.05, 4.69) is 12.2 Å². The van der Waals surface area contributed by atoms with Gasteiger partial charge in [-0.1, -0.05) is 13.3 Å². The third-order valence-electron chi connectivity index (χ3n) is 3.78. The van der Waals surface area contributed by atoms with Gasteiger partial charge in [-0.3, -0.25) is 0 Å². The Morgan fingerprint density at radius 3 is 2.79 bits per heavy atom. The molecule has 0 aromatic carbocycles. The third kappa shape index (κ3) is 2.71. The van der Waals surface area contributed by atoms with E-state index in [4.69, 9.17) is 4.74 Å². The van der Waals surface area contributed by atoms with Gasteiger partial charge in [0.15, 0.2) is 0 Å². The van der Waals surface area contributed by atoms with E-state index in [0.717, 1.165) is 31.1 Å². The number of rotatable bonds is 3. The summed E-state index contributed by atoms with van der Waals surface area (Å²) in [4.78, 5) is 0. The SMILES string of the molecule is CC1CCCC1NCC1CCCOC1. The zero-order valence-corrected chi connectivity index (χ0v) is 9.30. The number of ether oxygens (including phenoxy) is 1. The summed E-state index contributed by atoms with van der Waals surface area (Å²) in [6.45, 7) is 5.52. The molecule has 14 heavy (non-hydrogen) atoms. The summed E-state index contributed by atoms with van der Waals surface area (Å²) >= 11 is 0. The lowest BCUT2D eigenvalue weighted by Crippen LogP contribution is -2.37. The molecule has 2 nitrogen and oxygen atoms in total. The standard InChI is InChI=1S/C12H23NO/c1-10-4-2-6-12(10)13-8-11-5-3-7-14-9-11/h10-13H,2-9H2,1H3. The van der Waals surface area contributed by atoms with Gasteiger partial charge in [-0.05, 0) is 37.5 Å².